The number of urea groups is 1. The first-order valence-corrected chi connectivity index (χ1v) is 9.55. The van der Waals surface area contributed by atoms with E-state index < -0.39 is 11.3 Å². The molecule has 25 heavy (non-hydrogen) atoms. The van der Waals surface area contributed by atoms with Crippen LogP contribution >= 0.6 is 34.7 Å². The van der Waals surface area contributed by atoms with E-state index in [4.69, 9.17) is 11.6 Å². The fourth-order valence-corrected chi connectivity index (χ4v) is 3.82. The third-order valence-electron chi connectivity index (χ3n) is 2.79. The lowest BCUT2D eigenvalue weighted by molar-refractivity contribution is -0.119. The lowest BCUT2D eigenvalue weighted by Gasteiger charge is -2.11. The second-order valence-electron chi connectivity index (χ2n) is 5.39. The van der Waals surface area contributed by atoms with Gasteiger partial charge in [0.05, 0.1) is 5.25 Å². The standard InChI is InChI=1S/C15H18ClN5O2S2/c1-8(2)17-13(23)19-12(22)9(3)24-15-21-20-14(25-15)18-11-6-4-5-10(16)7-11/h4-9H,1-3H3,(H,18,20)(H2,17,19,22,23)/t9-/m1/s1. The van der Waals surface area contributed by atoms with E-state index in [1.165, 1.54) is 23.1 Å². The average Bonchev–Trinajstić information content (AvgIpc) is 2.93. The van der Waals surface area contributed by atoms with Gasteiger partial charge in [-0.3, -0.25) is 10.1 Å². The second-order valence-corrected chi connectivity index (χ2v) is 8.39. The molecule has 0 aliphatic carbocycles. The summed E-state index contributed by atoms with van der Waals surface area (Å²) in [6.07, 6.45) is 0. The molecule has 1 aromatic heterocycles. The summed E-state index contributed by atoms with van der Waals surface area (Å²) in [6, 6.07) is 6.70. The van der Waals surface area contributed by atoms with E-state index in [0.717, 1.165) is 5.69 Å². The van der Waals surface area contributed by atoms with E-state index in [0.29, 0.717) is 14.5 Å². The Labute approximate surface area is 158 Å². The highest BCUT2D eigenvalue weighted by Crippen LogP contribution is 2.30. The molecule has 134 valence electrons. The van der Waals surface area contributed by atoms with E-state index in [-0.39, 0.29) is 11.9 Å². The number of hydrogen-bond acceptors (Lipinski definition) is 7. The van der Waals surface area contributed by atoms with Gasteiger partial charge in [0.1, 0.15) is 0 Å². The lowest BCUT2D eigenvalue weighted by Crippen LogP contribution is -2.45. The predicted octanol–water partition coefficient (Wildman–Crippen LogP) is 3.65. The van der Waals surface area contributed by atoms with Crippen LogP contribution in [0.25, 0.3) is 0 Å². The van der Waals surface area contributed by atoms with Crippen LogP contribution < -0.4 is 16.0 Å². The first-order valence-electron chi connectivity index (χ1n) is 7.47. The Balaban J connectivity index is 1.89. The fourth-order valence-electron chi connectivity index (χ4n) is 1.71. The number of rotatable bonds is 6. The van der Waals surface area contributed by atoms with Crippen LogP contribution in [-0.2, 0) is 4.79 Å². The number of thioether (sulfide) groups is 1. The van der Waals surface area contributed by atoms with Gasteiger partial charge in [-0.2, -0.15) is 0 Å². The Hall–Kier alpha value is -1.84. The van der Waals surface area contributed by atoms with Crippen molar-refractivity contribution in [1.82, 2.24) is 20.8 Å². The van der Waals surface area contributed by atoms with Crippen LogP contribution in [0.2, 0.25) is 5.02 Å². The molecule has 0 saturated heterocycles. The van der Waals surface area contributed by atoms with Gasteiger partial charge in [-0.15, -0.1) is 10.2 Å². The zero-order valence-corrected chi connectivity index (χ0v) is 16.3. The number of aromatic nitrogens is 2. The third kappa shape index (κ3) is 6.52. The van der Waals surface area contributed by atoms with Crippen molar-refractivity contribution < 1.29 is 9.59 Å². The van der Waals surface area contributed by atoms with Crippen molar-refractivity contribution in [2.45, 2.75) is 36.4 Å². The fraction of sp³-hybridized carbons (Fsp3) is 0.333. The minimum Gasteiger partial charge on any atom is -0.336 e. The molecule has 1 heterocycles. The lowest BCUT2D eigenvalue weighted by atomic mass is 10.3. The summed E-state index contributed by atoms with van der Waals surface area (Å²) in [5.41, 5.74) is 0.802. The summed E-state index contributed by atoms with van der Waals surface area (Å²) in [5.74, 6) is -0.386. The molecule has 3 amide bonds. The number of nitrogens with one attached hydrogen (secondary N) is 3. The molecule has 0 radical (unpaired) electrons. The molecule has 0 spiro atoms. The van der Waals surface area contributed by atoms with Crippen LogP contribution in [0.15, 0.2) is 28.6 Å². The molecule has 2 rings (SSSR count). The number of hydrogen-bond donors (Lipinski definition) is 3. The van der Waals surface area contributed by atoms with Gasteiger partial charge in [0.2, 0.25) is 11.0 Å². The van der Waals surface area contributed by atoms with Crippen molar-refractivity contribution in [3.63, 3.8) is 0 Å². The highest BCUT2D eigenvalue weighted by atomic mass is 35.5. The number of carbonyl (C=O) groups is 2. The zero-order chi connectivity index (χ0) is 18.4. The molecular formula is C15H18ClN5O2S2. The van der Waals surface area contributed by atoms with Crippen molar-refractivity contribution in [2.75, 3.05) is 5.32 Å². The first kappa shape index (κ1) is 19.5. The second kappa shape index (κ2) is 9.02. The van der Waals surface area contributed by atoms with Crippen molar-refractivity contribution in [3.05, 3.63) is 29.3 Å². The molecule has 0 unspecified atom stereocenters. The highest BCUT2D eigenvalue weighted by Gasteiger charge is 2.19. The molecule has 10 heteroatoms. The number of carbonyl (C=O) groups excluding carboxylic acids is 2. The highest BCUT2D eigenvalue weighted by molar-refractivity contribution is 8.02. The molecule has 3 N–H and O–H groups in total. The van der Waals surface area contributed by atoms with Crippen molar-refractivity contribution in [3.8, 4) is 0 Å². The number of amides is 3. The van der Waals surface area contributed by atoms with Crippen LogP contribution in [-0.4, -0.2) is 33.4 Å². The minimum absolute atomic E-state index is 0.0426. The van der Waals surface area contributed by atoms with E-state index in [2.05, 4.69) is 26.1 Å². The van der Waals surface area contributed by atoms with Crippen LogP contribution in [0, 0.1) is 0 Å². The molecule has 0 saturated carbocycles. The summed E-state index contributed by atoms with van der Waals surface area (Å²) >= 11 is 8.49. The molecule has 2 aromatic rings. The smallest absolute Gasteiger partial charge is 0.321 e. The Morgan fingerprint density at radius 3 is 2.68 bits per heavy atom. The molecule has 0 aliphatic rings. The maximum atomic E-state index is 12.0. The maximum absolute atomic E-state index is 12.0. The minimum atomic E-state index is -0.506. The molecule has 1 aromatic carbocycles. The van der Waals surface area contributed by atoms with Gasteiger partial charge in [-0.05, 0) is 39.0 Å². The van der Waals surface area contributed by atoms with Crippen LogP contribution in [0.5, 0.6) is 0 Å². The van der Waals surface area contributed by atoms with Crippen molar-refractivity contribution in [2.24, 2.45) is 0 Å². The molecule has 0 fully saturated rings. The SMILES string of the molecule is CC(C)NC(=O)NC(=O)[C@@H](C)Sc1nnc(Nc2cccc(Cl)c2)s1. The van der Waals surface area contributed by atoms with Gasteiger partial charge in [0, 0.05) is 16.8 Å². The number of imide groups is 1. The normalized spacial score (nSPS) is 11.9. The Bertz CT molecular complexity index is 753. The monoisotopic (exact) mass is 399 g/mol. The number of benzene rings is 1. The van der Waals surface area contributed by atoms with E-state index in [1.54, 1.807) is 19.1 Å². The quantitative estimate of drug-likeness (QED) is 0.641. The summed E-state index contributed by atoms with van der Waals surface area (Å²) in [5, 5.41) is 16.8. The summed E-state index contributed by atoms with van der Waals surface area (Å²) in [7, 11) is 0. The maximum Gasteiger partial charge on any atom is 0.321 e. The summed E-state index contributed by atoms with van der Waals surface area (Å²) in [4.78, 5) is 23.6. The first-order chi connectivity index (χ1) is 11.8. The number of halogens is 1. The molecule has 0 bridgehead atoms. The predicted molar refractivity (Wildman–Crippen MR) is 102 cm³/mol. The Kier molecular flexibility index (Phi) is 7.03. The van der Waals surface area contributed by atoms with E-state index >= 15 is 0 Å². The van der Waals surface area contributed by atoms with Crippen LogP contribution in [0.1, 0.15) is 20.8 Å². The Morgan fingerprint density at radius 2 is 2.00 bits per heavy atom. The number of nitrogens with zero attached hydrogens (tertiary/aromatic N) is 2. The van der Waals surface area contributed by atoms with Crippen molar-refractivity contribution in [1.29, 1.82) is 0 Å². The number of anilines is 2. The van der Waals surface area contributed by atoms with Crippen LogP contribution in [0.4, 0.5) is 15.6 Å². The molecule has 0 aliphatic heterocycles. The average molecular weight is 400 g/mol. The largest absolute Gasteiger partial charge is 0.336 e. The summed E-state index contributed by atoms with van der Waals surface area (Å²) < 4.78 is 0.622. The molecular weight excluding hydrogens is 382 g/mol. The third-order valence-corrected chi connectivity index (χ3v) is 5.04. The van der Waals surface area contributed by atoms with Gasteiger partial charge in [-0.1, -0.05) is 40.8 Å². The van der Waals surface area contributed by atoms with Crippen molar-refractivity contribution >= 4 is 57.5 Å². The molecule has 7 nitrogen and oxygen atoms in total. The van der Waals surface area contributed by atoms with Gasteiger partial charge in [-0.25, -0.2) is 4.79 Å². The van der Waals surface area contributed by atoms with E-state index in [9.17, 15) is 9.59 Å². The zero-order valence-electron chi connectivity index (χ0n) is 13.9. The summed E-state index contributed by atoms with van der Waals surface area (Å²) in [6.45, 7) is 5.34. The van der Waals surface area contributed by atoms with Gasteiger partial charge in [0.25, 0.3) is 0 Å². The Morgan fingerprint density at radius 1 is 1.24 bits per heavy atom. The van der Waals surface area contributed by atoms with Gasteiger partial charge in [0.15, 0.2) is 4.34 Å². The van der Waals surface area contributed by atoms with Gasteiger partial charge >= 0.3 is 6.03 Å². The van der Waals surface area contributed by atoms with E-state index in [1.807, 2.05) is 26.0 Å². The molecule has 1 atom stereocenters. The van der Waals surface area contributed by atoms with Crippen LogP contribution in [0.3, 0.4) is 0 Å². The topological polar surface area (TPSA) is 96.0 Å². The van der Waals surface area contributed by atoms with Gasteiger partial charge < -0.3 is 10.6 Å².